The number of carbonyl (C=O) groups excluding carboxylic acids is 1. The van der Waals surface area contributed by atoms with Gasteiger partial charge in [0.25, 0.3) is 15.9 Å². The topological polar surface area (TPSA) is 70.9 Å². The monoisotopic (exact) mass is 418 g/mol. The van der Waals surface area contributed by atoms with E-state index in [9.17, 15) is 13.2 Å². The molecule has 0 atom stereocenters. The number of amides is 1. The third-order valence-corrected chi connectivity index (χ3v) is 8.44. The molecule has 0 aliphatic carbocycles. The molecule has 2 rings (SSSR count). The number of rotatable bonds is 7. The molecule has 0 unspecified atom stereocenters. The highest BCUT2D eigenvalue weighted by molar-refractivity contribution is 7.91. The number of thiophene rings is 1. The van der Waals surface area contributed by atoms with Gasteiger partial charge in [-0.3, -0.25) is 4.79 Å². The summed E-state index contributed by atoms with van der Waals surface area (Å²) in [6, 6.07) is 3.12. The van der Waals surface area contributed by atoms with Gasteiger partial charge in [0.05, 0.1) is 30.5 Å². The molecule has 1 aliphatic heterocycles. The Morgan fingerprint density at radius 3 is 2.46 bits per heavy atom. The molecule has 1 fully saturated rings. The van der Waals surface area contributed by atoms with Crippen molar-refractivity contribution < 1.29 is 18.1 Å². The van der Waals surface area contributed by atoms with E-state index in [1.54, 1.807) is 6.07 Å². The third-order valence-electron chi connectivity index (χ3n) is 4.84. The molecular weight excluding hydrogens is 394 g/mol. The van der Waals surface area contributed by atoms with Gasteiger partial charge in [-0.2, -0.15) is 4.31 Å². The Labute approximate surface area is 164 Å². The zero-order valence-electron chi connectivity index (χ0n) is 15.0. The van der Waals surface area contributed by atoms with Crippen LogP contribution >= 0.6 is 22.9 Å². The zero-order valence-corrected chi connectivity index (χ0v) is 17.4. The molecule has 1 saturated heterocycles. The Bertz CT molecular complexity index is 773. The van der Waals surface area contributed by atoms with Gasteiger partial charge < -0.3 is 10.2 Å². The Kier molecular flexibility index (Phi) is 7.11. The number of quaternary nitrogens is 1. The lowest BCUT2D eigenvalue weighted by molar-refractivity contribution is -0.895. The van der Waals surface area contributed by atoms with Gasteiger partial charge in [0.2, 0.25) is 0 Å². The normalized spacial score (nSPS) is 17.0. The number of hydrogen-bond acceptors (Lipinski definition) is 4. The van der Waals surface area contributed by atoms with E-state index in [-0.39, 0.29) is 10.1 Å². The molecule has 1 aromatic heterocycles. The van der Waals surface area contributed by atoms with Crippen LogP contribution in [0.2, 0.25) is 4.34 Å². The standard InChI is InChI=1S/C17H24ClN3O3S2/c1-4-17(5-2,6-3)19-15(22)13-20-9-11-21(12-10-20)26(23,24)16-8-7-14(18)25-16/h1,7-8H,5-6,9-13H2,2-3H3,(H,19,22)/p+1. The predicted molar refractivity (Wildman–Crippen MR) is 104 cm³/mol. The predicted octanol–water partition coefficient (Wildman–Crippen LogP) is 0.599. The lowest BCUT2D eigenvalue weighted by Gasteiger charge is -2.32. The number of sulfonamides is 1. The summed E-state index contributed by atoms with van der Waals surface area (Å²) in [4.78, 5) is 13.4. The van der Waals surface area contributed by atoms with Gasteiger partial charge in [-0.1, -0.05) is 31.4 Å². The van der Waals surface area contributed by atoms with Crippen molar-refractivity contribution >= 4 is 38.9 Å². The lowest BCUT2D eigenvalue weighted by atomic mass is 9.94. The molecule has 26 heavy (non-hydrogen) atoms. The first-order valence-electron chi connectivity index (χ1n) is 8.64. The summed E-state index contributed by atoms with van der Waals surface area (Å²) in [6.45, 7) is 6.11. The van der Waals surface area contributed by atoms with Crippen molar-refractivity contribution in [2.24, 2.45) is 0 Å². The summed E-state index contributed by atoms with van der Waals surface area (Å²) in [7, 11) is -3.51. The summed E-state index contributed by atoms with van der Waals surface area (Å²) in [5.41, 5.74) is -0.597. The molecule has 2 heterocycles. The van der Waals surface area contributed by atoms with Gasteiger partial charge in [-0.15, -0.1) is 17.8 Å². The quantitative estimate of drug-likeness (QED) is 0.637. The Hall–Kier alpha value is -1.11. The second-order valence-electron chi connectivity index (χ2n) is 6.37. The van der Waals surface area contributed by atoms with Crippen molar-refractivity contribution in [3.8, 4) is 12.3 Å². The maximum Gasteiger partial charge on any atom is 0.276 e. The molecule has 0 aromatic carbocycles. The van der Waals surface area contributed by atoms with Crippen molar-refractivity contribution in [2.45, 2.75) is 36.4 Å². The van der Waals surface area contributed by atoms with E-state index >= 15 is 0 Å². The molecular formula is C17H25ClN3O3S2+. The molecule has 0 bridgehead atoms. The van der Waals surface area contributed by atoms with Crippen LogP contribution in [0.25, 0.3) is 0 Å². The van der Waals surface area contributed by atoms with Gasteiger partial charge in [0.15, 0.2) is 6.54 Å². The highest BCUT2D eigenvalue weighted by Gasteiger charge is 2.33. The molecule has 0 spiro atoms. The van der Waals surface area contributed by atoms with Crippen LogP contribution in [0.4, 0.5) is 0 Å². The Morgan fingerprint density at radius 2 is 2.00 bits per heavy atom. The number of nitrogens with zero attached hydrogens (tertiary/aromatic N) is 1. The molecule has 0 radical (unpaired) electrons. The second kappa shape index (κ2) is 8.72. The number of nitrogens with one attached hydrogen (secondary N) is 2. The average Bonchev–Trinajstić information content (AvgIpc) is 3.07. The minimum Gasteiger partial charge on any atom is -0.335 e. The van der Waals surface area contributed by atoms with Crippen LogP contribution in [-0.4, -0.2) is 56.9 Å². The molecule has 1 aromatic rings. The fourth-order valence-corrected chi connectivity index (χ4v) is 6.07. The van der Waals surface area contributed by atoms with E-state index in [4.69, 9.17) is 18.0 Å². The fourth-order valence-electron chi connectivity index (χ4n) is 2.99. The largest absolute Gasteiger partial charge is 0.335 e. The zero-order chi connectivity index (χ0) is 19.4. The summed E-state index contributed by atoms with van der Waals surface area (Å²) in [6.07, 6.45) is 6.93. The van der Waals surface area contributed by atoms with Crippen molar-refractivity contribution in [1.29, 1.82) is 0 Å². The van der Waals surface area contributed by atoms with Gasteiger partial charge in [0.1, 0.15) is 9.75 Å². The SMILES string of the molecule is C#CC(CC)(CC)NC(=O)C[NH+]1CCN(S(=O)(=O)c2ccc(Cl)s2)CC1. The Balaban J connectivity index is 1.91. The van der Waals surface area contributed by atoms with Gasteiger partial charge in [-0.25, -0.2) is 8.42 Å². The number of hydrogen-bond donors (Lipinski definition) is 2. The van der Waals surface area contributed by atoms with Crippen molar-refractivity contribution in [2.75, 3.05) is 32.7 Å². The number of piperazine rings is 1. The minimum absolute atomic E-state index is 0.0944. The van der Waals surface area contributed by atoms with E-state index in [0.29, 0.717) is 49.9 Å². The van der Waals surface area contributed by atoms with E-state index in [1.165, 1.54) is 10.4 Å². The second-order valence-corrected chi connectivity index (χ2v) is 10.3. The van der Waals surface area contributed by atoms with Crippen LogP contribution in [0.15, 0.2) is 16.3 Å². The van der Waals surface area contributed by atoms with Crippen molar-refractivity contribution in [1.82, 2.24) is 9.62 Å². The molecule has 1 amide bonds. The maximum absolute atomic E-state index is 12.6. The third kappa shape index (κ3) is 4.78. The summed E-state index contributed by atoms with van der Waals surface area (Å²) in [5.74, 6) is 2.60. The number of terminal acetylenes is 1. The van der Waals surface area contributed by atoms with Crippen LogP contribution in [0.1, 0.15) is 26.7 Å². The highest BCUT2D eigenvalue weighted by atomic mass is 35.5. The minimum atomic E-state index is -3.51. The van der Waals surface area contributed by atoms with E-state index in [2.05, 4.69) is 11.2 Å². The van der Waals surface area contributed by atoms with Crippen LogP contribution in [0.5, 0.6) is 0 Å². The molecule has 2 N–H and O–H groups in total. The Morgan fingerprint density at radius 1 is 1.38 bits per heavy atom. The molecule has 0 saturated carbocycles. The van der Waals surface area contributed by atoms with E-state index in [1.807, 2.05) is 13.8 Å². The lowest BCUT2D eigenvalue weighted by Crippen LogP contribution is -3.16. The summed E-state index contributed by atoms with van der Waals surface area (Å²) in [5, 5.41) is 2.96. The van der Waals surface area contributed by atoms with Crippen LogP contribution in [0.3, 0.4) is 0 Å². The van der Waals surface area contributed by atoms with Gasteiger partial charge >= 0.3 is 0 Å². The summed E-state index contributed by atoms with van der Waals surface area (Å²) < 4.78 is 27.4. The summed E-state index contributed by atoms with van der Waals surface area (Å²) >= 11 is 6.91. The molecule has 6 nitrogen and oxygen atoms in total. The molecule has 144 valence electrons. The van der Waals surface area contributed by atoms with Crippen LogP contribution in [0, 0.1) is 12.3 Å². The maximum atomic E-state index is 12.6. The first-order valence-corrected chi connectivity index (χ1v) is 11.3. The fraction of sp³-hybridized carbons (Fsp3) is 0.588. The smallest absolute Gasteiger partial charge is 0.276 e. The van der Waals surface area contributed by atoms with Gasteiger partial charge in [0, 0.05) is 0 Å². The van der Waals surface area contributed by atoms with E-state index in [0.717, 1.165) is 16.2 Å². The van der Waals surface area contributed by atoms with Crippen molar-refractivity contribution in [3.05, 3.63) is 16.5 Å². The molecule has 9 heteroatoms. The highest BCUT2D eigenvalue weighted by Crippen LogP contribution is 2.28. The molecule has 1 aliphatic rings. The van der Waals surface area contributed by atoms with Crippen LogP contribution < -0.4 is 10.2 Å². The van der Waals surface area contributed by atoms with Crippen LogP contribution in [-0.2, 0) is 14.8 Å². The number of halogens is 1. The van der Waals surface area contributed by atoms with Gasteiger partial charge in [-0.05, 0) is 25.0 Å². The first kappa shape index (κ1) is 21.2. The number of carbonyl (C=O) groups is 1. The first-order chi connectivity index (χ1) is 12.3. The van der Waals surface area contributed by atoms with E-state index < -0.39 is 15.6 Å². The van der Waals surface area contributed by atoms with Crippen molar-refractivity contribution in [3.63, 3.8) is 0 Å². The average molecular weight is 419 g/mol.